The number of hydrogen-bond donors (Lipinski definition) is 1. The smallest absolute Gasteiger partial charge is 0.0386 e. The third kappa shape index (κ3) is 2.63. The van der Waals surface area contributed by atoms with Crippen LogP contribution < -0.4 is 5.32 Å². The van der Waals surface area contributed by atoms with Crippen molar-refractivity contribution in [2.24, 2.45) is 0 Å². The van der Waals surface area contributed by atoms with Crippen LogP contribution in [0.1, 0.15) is 42.0 Å². The van der Waals surface area contributed by atoms with Crippen molar-refractivity contribution in [3.8, 4) is 0 Å². The molecule has 16 heavy (non-hydrogen) atoms. The topological polar surface area (TPSA) is 12.0 Å². The fourth-order valence-corrected chi connectivity index (χ4v) is 3.98. The monoisotopic (exact) mass is 255 g/mol. The zero-order valence-corrected chi connectivity index (χ0v) is 12.0. The second-order valence-corrected chi connectivity index (χ2v) is 7.39. The molecule has 1 nitrogen and oxygen atoms in total. The van der Waals surface area contributed by atoms with Crippen LogP contribution in [0.15, 0.2) is 12.1 Å². The van der Waals surface area contributed by atoms with Crippen molar-refractivity contribution in [1.82, 2.24) is 5.32 Å². The van der Waals surface area contributed by atoms with Gasteiger partial charge in [-0.15, -0.1) is 11.3 Å². The molecule has 0 aromatic carbocycles. The molecule has 0 amide bonds. The summed E-state index contributed by atoms with van der Waals surface area (Å²) in [6.07, 6.45) is 6.44. The van der Waals surface area contributed by atoms with E-state index < -0.39 is 0 Å². The van der Waals surface area contributed by atoms with E-state index in [9.17, 15) is 0 Å². The second kappa shape index (κ2) is 5.11. The van der Waals surface area contributed by atoms with Crippen molar-refractivity contribution in [3.63, 3.8) is 0 Å². The lowest BCUT2D eigenvalue weighted by Crippen LogP contribution is -2.43. The average Bonchev–Trinajstić information content (AvgIpc) is 2.64. The Bertz CT molecular complexity index is 336. The Morgan fingerprint density at radius 3 is 2.69 bits per heavy atom. The summed E-state index contributed by atoms with van der Waals surface area (Å²) < 4.78 is 0.542. The van der Waals surface area contributed by atoms with Gasteiger partial charge in [0.05, 0.1) is 0 Å². The fraction of sp³-hybridized carbons (Fsp3) is 0.692. The molecule has 0 bridgehead atoms. The minimum atomic E-state index is 0.503. The van der Waals surface area contributed by atoms with Gasteiger partial charge in [0.1, 0.15) is 0 Å². The molecule has 1 aliphatic rings. The highest BCUT2D eigenvalue weighted by Gasteiger charge is 2.35. The summed E-state index contributed by atoms with van der Waals surface area (Å²) in [7, 11) is 0. The van der Waals surface area contributed by atoms with E-state index in [2.05, 4.69) is 37.6 Å². The summed E-state index contributed by atoms with van der Waals surface area (Å²) in [5.41, 5.74) is 0. The summed E-state index contributed by atoms with van der Waals surface area (Å²) in [6, 6.07) is 4.97. The Hall–Kier alpha value is 0.01000. The van der Waals surface area contributed by atoms with Gasteiger partial charge in [0.25, 0.3) is 0 Å². The van der Waals surface area contributed by atoms with E-state index in [4.69, 9.17) is 0 Å². The number of thioether (sulfide) groups is 1. The van der Waals surface area contributed by atoms with Crippen LogP contribution in [0.2, 0.25) is 0 Å². The predicted molar refractivity (Wildman–Crippen MR) is 75.6 cm³/mol. The maximum absolute atomic E-state index is 3.70. The van der Waals surface area contributed by atoms with Gasteiger partial charge >= 0.3 is 0 Å². The van der Waals surface area contributed by atoms with Crippen LogP contribution >= 0.6 is 23.1 Å². The van der Waals surface area contributed by atoms with E-state index >= 15 is 0 Å². The molecule has 1 aliphatic carbocycles. The SMILES string of the molecule is CSC1(CNC(C)c2ccc(C)s2)CCC1. The van der Waals surface area contributed by atoms with E-state index in [0.29, 0.717) is 10.8 Å². The second-order valence-electron chi connectivity index (χ2n) is 4.79. The van der Waals surface area contributed by atoms with Gasteiger partial charge in [-0.25, -0.2) is 0 Å². The lowest BCUT2D eigenvalue weighted by atomic mass is 9.84. The van der Waals surface area contributed by atoms with Crippen LogP contribution in [0.25, 0.3) is 0 Å². The molecule has 1 N–H and O–H groups in total. The van der Waals surface area contributed by atoms with Gasteiger partial charge in [0.15, 0.2) is 0 Å². The minimum absolute atomic E-state index is 0.503. The van der Waals surface area contributed by atoms with Crippen molar-refractivity contribution in [3.05, 3.63) is 21.9 Å². The van der Waals surface area contributed by atoms with E-state index in [0.717, 1.165) is 6.54 Å². The van der Waals surface area contributed by atoms with Gasteiger partial charge < -0.3 is 5.32 Å². The summed E-state index contributed by atoms with van der Waals surface area (Å²) in [5.74, 6) is 0. The summed E-state index contributed by atoms with van der Waals surface area (Å²) in [4.78, 5) is 2.87. The number of hydrogen-bond acceptors (Lipinski definition) is 3. The van der Waals surface area contributed by atoms with E-state index in [1.165, 1.54) is 29.0 Å². The number of nitrogens with one attached hydrogen (secondary N) is 1. The van der Waals surface area contributed by atoms with Crippen molar-refractivity contribution in [2.45, 2.75) is 43.9 Å². The highest BCUT2D eigenvalue weighted by molar-refractivity contribution is 8.00. The first-order valence-corrected chi connectivity index (χ1v) is 8.04. The highest BCUT2D eigenvalue weighted by atomic mass is 32.2. The molecule has 3 heteroatoms. The molecule has 2 rings (SSSR count). The van der Waals surface area contributed by atoms with Crippen LogP contribution in [-0.4, -0.2) is 17.5 Å². The fourth-order valence-electron chi connectivity index (χ4n) is 2.15. The first kappa shape index (κ1) is 12.5. The molecular formula is C13H21NS2. The van der Waals surface area contributed by atoms with Crippen LogP contribution in [0.4, 0.5) is 0 Å². The Labute approximate surface area is 107 Å². The summed E-state index contributed by atoms with van der Waals surface area (Å²) >= 11 is 3.95. The van der Waals surface area contributed by atoms with Gasteiger partial charge in [-0.1, -0.05) is 6.42 Å². The van der Waals surface area contributed by atoms with E-state index in [1.54, 1.807) is 0 Å². The maximum atomic E-state index is 3.70. The average molecular weight is 255 g/mol. The van der Waals surface area contributed by atoms with Gasteiger partial charge in [-0.2, -0.15) is 11.8 Å². The van der Waals surface area contributed by atoms with Crippen LogP contribution in [0.3, 0.4) is 0 Å². The van der Waals surface area contributed by atoms with Crippen LogP contribution in [-0.2, 0) is 0 Å². The van der Waals surface area contributed by atoms with Crippen molar-refractivity contribution in [1.29, 1.82) is 0 Å². The first-order chi connectivity index (χ1) is 7.65. The van der Waals surface area contributed by atoms with Crippen LogP contribution in [0.5, 0.6) is 0 Å². The van der Waals surface area contributed by atoms with Crippen LogP contribution in [0, 0.1) is 6.92 Å². The molecule has 1 aromatic rings. The quantitative estimate of drug-likeness (QED) is 0.853. The van der Waals surface area contributed by atoms with Crippen molar-refractivity contribution < 1.29 is 0 Å². The normalized spacial score (nSPS) is 20.4. The zero-order chi connectivity index (χ0) is 11.6. The lowest BCUT2D eigenvalue weighted by molar-refractivity contribution is 0.335. The number of aryl methyl sites for hydroxylation is 1. The molecule has 0 spiro atoms. The summed E-state index contributed by atoms with van der Waals surface area (Å²) in [6.45, 7) is 5.61. The lowest BCUT2D eigenvalue weighted by Gasteiger charge is -2.41. The minimum Gasteiger partial charge on any atom is -0.308 e. The molecule has 0 aliphatic heterocycles. The molecule has 1 saturated carbocycles. The van der Waals surface area contributed by atoms with Crippen molar-refractivity contribution >= 4 is 23.1 Å². The molecular weight excluding hydrogens is 234 g/mol. The number of rotatable bonds is 5. The van der Waals surface area contributed by atoms with Gasteiger partial charge in [-0.3, -0.25) is 0 Å². The Morgan fingerprint density at radius 2 is 2.25 bits per heavy atom. The molecule has 1 heterocycles. The highest BCUT2D eigenvalue weighted by Crippen LogP contribution is 2.42. The molecule has 90 valence electrons. The molecule has 1 aromatic heterocycles. The molecule has 0 radical (unpaired) electrons. The molecule has 0 saturated heterocycles. The first-order valence-electron chi connectivity index (χ1n) is 6.00. The summed E-state index contributed by atoms with van der Waals surface area (Å²) in [5, 5.41) is 3.70. The zero-order valence-electron chi connectivity index (χ0n) is 10.4. The maximum Gasteiger partial charge on any atom is 0.0386 e. The van der Waals surface area contributed by atoms with Gasteiger partial charge in [-0.05, 0) is 45.1 Å². The molecule has 1 fully saturated rings. The predicted octanol–water partition coefficient (Wildman–Crippen LogP) is 3.99. The van der Waals surface area contributed by atoms with Gasteiger partial charge in [0.2, 0.25) is 0 Å². The Balaban J connectivity index is 1.86. The third-order valence-corrected chi connectivity index (χ3v) is 6.22. The number of thiophene rings is 1. The van der Waals surface area contributed by atoms with Crippen molar-refractivity contribution in [2.75, 3.05) is 12.8 Å². The van der Waals surface area contributed by atoms with E-state index in [-0.39, 0.29) is 0 Å². The Kier molecular flexibility index (Phi) is 3.98. The molecule has 1 atom stereocenters. The molecule has 1 unspecified atom stereocenters. The standard InChI is InChI=1S/C13H21NS2/c1-10-5-6-12(16-10)11(2)14-9-13(15-3)7-4-8-13/h5-6,11,14H,4,7-9H2,1-3H3. The largest absolute Gasteiger partial charge is 0.308 e. The van der Waals surface area contributed by atoms with E-state index in [1.807, 2.05) is 23.1 Å². The Morgan fingerprint density at radius 1 is 1.50 bits per heavy atom. The third-order valence-electron chi connectivity index (χ3n) is 3.62. The van der Waals surface area contributed by atoms with Gasteiger partial charge in [0, 0.05) is 27.1 Å².